The molecule has 0 radical (unpaired) electrons. The molecule has 0 saturated heterocycles. The standard InChI is InChI=1S/C13H22N2S/c1-13(2,3)14-9-8-12-15-10-6-4-5-7-11(10)16-12/h14H,4-9H2,1-3H3. The van der Waals surface area contributed by atoms with Gasteiger partial charge in [-0.25, -0.2) is 4.98 Å². The van der Waals surface area contributed by atoms with Crippen molar-refractivity contribution < 1.29 is 0 Å². The second-order valence-electron chi connectivity index (χ2n) is 5.61. The van der Waals surface area contributed by atoms with Crippen LogP contribution in [0.4, 0.5) is 0 Å². The molecule has 2 nitrogen and oxygen atoms in total. The predicted molar refractivity (Wildman–Crippen MR) is 70.2 cm³/mol. The van der Waals surface area contributed by atoms with Crippen LogP contribution in [-0.4, -0.2) is 17.1 Å². The molecule has 0 fully saturated rings. The van der Waals surface area contributed by atoms with E-state index in [1.165, 1.54) is 36.4 Å². The van der Waals surface area contributed by atoms with Gasteiger partial charge in [0.25, 0.3) is 0 Å². The number of fused-ring (bicyclic) bond motifs is 1. The minimum Gasteiger partial charge on any atom is -0.312 e. The van der Waals surface area contributed by atoms with Crippen LogP contribution in [0.15, 0.2) is 0 Å². The Labute approximate surface area is 102 Å². The van der Waals surface area contributed by atoms with E-state index < -0.39 is 0 Å². The second kappa shape index (κ2) is 4.84. The van der Waals surface area contributed by atoms with E-state index in [-0.39, 0.29) is 5.54 Å². The maximum Gasteiger partial charge on any atom is 0.0943 e. The van der Waals surface area contributed by atoms with Crippen molar-refractivity contribution in [1.29, 1.82) is 0 Å². The quantitative estimate of drug-likeness (QED) is 0.876. The fourth-order valence-corrected chi connectivity index (χ4v) is 3.21. The molecular weight excluding hydrogens is 216 g/mol. The third-order valence-electron chi connectivity index (χ3n) is 2.88. The number of rotatable bonds is 3. The van der Waals surface area contributed by atoms with Crippen molar-refractivity contribution in [1.82, 2.24) is 10.3 Å². The van der Waals surface area contributed by atoms with Crippen LogP contribution in [0, 0.1) is 0 Å². The molecule has 3 heteroatoms. The van der Waals surface area contributed by atoms with Gasteiger partial charge in [-0.15, -0.1) is 11.3 Å². The Hall–Kier alpha value is -0.410. The Morgan fingerprint density at radius 2 is 2.00 bits per heavy atom. The molecule has 0 aliphatic heterocycles. The molecule has 1 aromatic rings. The summed E-state index contributed by atoms with van der Waals surface area (Å²) in [6.45, 7) is 7.66. The zero-order chi connectivity index (χ0) is 11.6. The molecule has 0 aromatic carbocycles. The Balaban J connectivity index is 1.88. The van der Waals surface area contributed by atoms with Crippen molar-refractivity contribution in [2.45, 2.75) is 58.4 Å². The minimum atomic E-state index is 0.219. The molecule has 0 saturated carbocycles. The van der Waals surface area contributed by atoms with Gasteiger partial charge in [0, 0.05) is 23.4 Å². The number of hydrogen-bond acceptors (Lipinski definition) is 3. The normalized spacial score (nSPS) is 16.2. The first-order valence-corrected chi connectivity index (χ1v) is 7.09. The molecule has 1 aliphatic rings. The number of thiazole rings is 1. The highest BCUT2D eigenvalue weighted by atomic mass is 32.1. The van der Waals surface area contributed by atoms with E-state index in [9.17, 15) is 0 Å². The van der Waals surface area contributed by atoms with E-state index in [1.54, 1.807) is 4.88 Å². The first-order chi connectivity index (χ1) is 7.54. The van der Waals surface area contributed by atoms with Gasteiger partial charge in [-0.2, -0.15) is 0 Å². The first-order valence-electron chi connectivity index (χ1n) is 6.27. The van der Waals surface area contributed by atoms with Crippen LogP contribution in [0.3, 0.4) is 0 Å². The molecule has 0 unspecified atom stereocenters. The highest BCUT2D eigenvalue weighted by molar-refractivity contribution is 7.11. The lowest BCUT2D eigenvalue weighted by atomic mass is 10.0. The number of aryl methyl sites for hydroxylation is 2. The van der Waals surface area contributed by atoms with Gasteiger partial charge in [-0.05, 0) is 46.5 Å². The summed E-state index contributed by atoms with van der Waals surface area (Å²) >= 11 is 1.93. The van der Waals surface area contributed by atoms with Crippen LogP contribution < -0.4 is 5.32 Å². The lowest BCUT2D eigenvalue weighted by molar-refractivity contribution is 0.429. The van der Waals surface area contributed by atoms with Gasteiger partial charge in [-0.1, -0.05) is 0 Å². The second-order valence-corrected chi connectivity index (χ2v) is 6.78. The Morgan fingerprint density at radius 3 is 2.69 bits per heavy atom. The monoisotopic (exact) mass is 238 g/mol. The fourth-order valence-electron chi connectivity index (χ4n) is 2.06. The molecule has 2 rings (SSSR count). The molecule has 1 N–H and O–H groups in total. The van der Waals surface area contributed by atoms with Crippen LogP contribution in [0.2, 0.25) is 0 Å². The van der Waals surface area contributed by atoms with E-state index in [0.717, 1.165) is 13.0 Å². The summed E-state index contributed by atoms with van der Waals surface area (Å²) in [5.74, 6) is 0. The number of nitrogens with one attached hydrogen (secondary N) is 1. The van der Waals surface area contributed by atoms with Gasteiger partial charge in [0.05, 0.1) is 10.7 Å². The maximum atomic E-state index is 4.75. The zero-order valence-corrected chi connectivity index (χ0v) is 11.4. The van der Waals surface area contributed by atoms with Crippen LogP contribution in [0.1, 0.15) is 49.2 Å². The average Bonchev–Trinajstić information content (AvgIpc) is 2.57. The van der Waals surface area contributed by atoms with Crippen molar-refractivity contribution in [2.24, 2.45) is 0 Å². The van der Waals surface area contributed by atoms with E-state index in [0.29, 0.717) is 0 Å². The van der Waals surface area contributed by atoms with E-state index in [4.69, 9.17) is 4.98 Å². The lowest BCUT2D eigenvalue weighted by Crippen LogP contribution is -2.37. The van der Waals surface area contributed by atoms with Crippen LogP contribution in [0.25, 0.3) is 0 Å². The smallest absolute Gasteiger partial charge is 0.0943 e. The van der Waals surface area contributed by atoms with Crippen LogP contribution in [-0.2, 0) is 19.3 Å². The molecule has 0 spiro atoms. The van der Waals surface area contributed by atoms with Gasteiger partial charge < -0.3 is 5.32 Å². The third kappa shape index (κ3) is 3.29. The van der Waals surface area contributed by atoms with Gasteiger partial charge in [0.2, 0.25) is 0 Å². The number of nitrogens with zero attached hydrogens (tertiary/aromatic N) is 1. The molecule has 90 valence electrons. The molecule has 1 heterocycles. The molecule has 1 aliphatic carbocycles. The largest absolute Gasteiger partial charge is 0.312 e. The zero-order valence-electron chi connectivity index (χ0n) is 10.6. The van der Waals surface area contributed by atoms with E-state index >= 15 is 0 Å². The molecule has 0 bridgehead atoms. The summed E-state index contributed by atoms with van der Waals surface area (Å²) < 4.78 is 0. The highest BCUT2D eigenvalue weighted by Crippen LogP contribution is 2.26. The maximum absolute atomic E-state index is 4.75. The summed E-state index contributed by atoms with van der Waals surface area (Å²) in [5, 5.41) is 4.84. The van der Waals surface area contributed by atoms with Gasteiger partial charge in [0.15, 0.2) is 0 Å². The number of aromatic nitrogens is 1. The summed E-state index contributed by atoms with van der Waals surface area (Å²) in [6, 6.07) is 0. The van der Waals surface area contributed by atoms with E-state index in [2.05, 4.69) is 26.1 Å². The lowest BCUT2D eigenvalue weighted by Gasteiger charge is -2.19. The number of hydrogen-bond donors (Lipinski definition) is 1. The Kier molecular flexibility index (Phi) is 3.65. The summed E-state index contributed by atoms with van der Waals surface area (Å²) in [5.41, 5.74) is 1.61. The molecule has 0 amide bonds. The van der Waals surface area contributed by atoms with Crippen molar-refractivity contribution in [3.8, 4) is 0 Å². The minimum absolute atomic E-state index is 0.219. The fraction of sp³-hybridized carbons (Fsp3) is 0.769. The highest BCUT2D eigenvalue weighted by Gasteiger charge is 2.15. The third-order valence-corrected chi connectivity index (χ3v) is 4.10. The molecular formula is C13H22N2S. The van der Waals surface area contributed by atoms with Gasteiger partial charge in [-0.3, -0.25) is 0 Å². The van der Waals surface area contributed by atoms with Crippen LogP contribution >= 0.6 is 11.3 Å². The van der Waals surface area contributed by atoms with Gasteiger partial charge >= 0.3 is 0 Å². The SMILES string of the molecule is CC(C)(C)NCCc1nc2c(s1)CCCC2. The van der Waals surface area contributed by atoms with Crippen molar-refractivity contribution in [3.63, 3.8) is 0 Å². The summed E-state index contributed by atoms with van der Waals surface area (Å²) in [7, 11) is 0. The average molecular weight is 238 g/mol. The molecule has 0 atom stereocenters. The summed E-state index contributed by atoms with van der Waals surface area (Å²) in [6.07, 6.45) is 6.23. The summed E-state index contributed by atoms with van der Waals surface area (Å²) in [4.78, 5) is 6.30. The topological polar surface area (TPSA) is 24.9 Å². The van der Waals surface area contributed by atoms with Gasteiger partial charge in [0.1, 0.15) is 0 Å². The van der Waals surface area contributed by atoms with Crippen molar-refractivity contribution in [3.05, 3.63) is 15.6 Å². The Bertz CT molecular complexity index is 326. The van der Waals surface area contributed by atoms with Crippen molar-refractivity contribution in [2.75, 3.05) is 6.54 Å². The Morgan fingerprint density at radius 1 is 1.25 bits per heavy atom. The predicted octanol–water partition coefficient (Wildman–Crippen LogP) is 2.95. The van der Waals surface area contributed by atoms with Crippen LogP contribution in [0.5, 0.6) is 0 Å². The van der Waals surface area contributed by atoms with E-state index in [1.807, 2.05) is 11.3 Å². The van der Waals surface area contributed by atoms with Crippen molar-refractivity contribution >= 4 is 11.3 Å². The molecule has 16 heavy (non-hydrogen) atoms. The molecule has 1 aromatic heterocycles. The first kappa shape index (κ1) is 12.1.